The number of rotatable bonds is 13. The average Bonchev–Trinajstić information content (AvgIpc) is 3.07. The third kappa shape index (κ3) is 8.26. The molecule has 9 N–H and O–H groups in total. The maximum Gasteiger partial charge on any atom is 0.325 e. The Morgan fingerprint density at radius 2 is 1.83 bits per heavy atom. The van der Waals surface area contributed by atoms with Gasteiger partial charge < -0.3 is 37.6 Å². The molecule has 1 fully saturated rings. The summed E-state index contributed by atoms with van der Waals surface area (Å²) in [5, 5.41) is 26.0. The number of carboxylic acids is 1. The van der Waals surface area contributed by atoms with E-state index < -0.39 is 67.4 Å². The summed E-state index contributed by atoms with van der Waals surface area (Å²) in [6.07, 6.45) is -0.105. The quantitative estimate of drug-likeness (QED) is 0.0684. The number of aliphatic hydroxyl groups is 1. The van der Waals surface area contributed by atoms with Gasteiger partial charge in [0, 0.05) is 6.54 Å². The molecular weight excluding hydrogens is 462 g/mol. The van der Waals surface area contributed by atoms with Crippen LogP contribution in [-0.2, 0) is 19.2 Å². The zero-order chi connectivity index (χ0) is 26.0. The van der Waals surface area contributed by atoms with Crippen molar-refractivity contribution >= 4 is 35.7 Å². The maximum atomic E-state index is 12.7. The normalized spacial score (nSPS) is 16.7. The number of nitrogens with zero attached hydrogens (tertiary/aromatic N) is 2. The molecule has 14 heteroatoms. The van der Waals surface area contributed by atoms with Gasteiger partial charge in [0.25, 0.3) is 5.91 Å². The largest absolute Gasteiger partial charge is 0.481 e. The Hall–Kier alpha value is -4.20. The number of aliphatic hydroxyl groups excluding tert-OH is 1. The molecule has 1 aliphatic rings. The van der Waals surface area contributed by atoms with Crippen LogP contribution >= 0.6 is 0 Å². The fourth-order valence-corrected chi connectivity index (χ4v) is 3.39. The Bertz CT molecular complexity index is 966. The highest BCUT2D eigenvalue weighted by Crippen LogP contribution is 2.13. The standard InChI is InChI=1S/C21H29N7O7/c22-20(23)24-8-4-7-13-19(34)28(21(35)27-13)10-16(30)25-14(9-17(31)32)18(33)26-15(11-29)12-5-2-1-3-6-12/h1-3,5-6,13-15,29H,4,7-11H2,(H,25,30)(H,26,33)(H,27,35)(H,31,32)(H4,22,23,24)/t13-,14-,15+/m0/s1. The minimum absolute atomic E-state index is 0.0980. The summed E-state index contributed by atoms with van der Waals surface area (Å²) >= 11 is 0. The monoisotopic (exact) mass is 491 g/mol. The Morgan fingerprint density at radius 1 is 1.14 bits per heavy atom. The zero-order valence-corrected chi connectivity index (χ0v) is 18.8. The molecule has 0 saturated carbocycles. The average molecular weight is 492 g/mol. The number of nitrogens with one attached hydrogen (secondary N) is 3. The van der Waals surface area contributed by atoms with Crippen molar-refractivity contribution in [1.29, 1.82) is 0 Å². The van der Waals surface area contributed by atoms with Crippen LogP contribution in [0.2, 0.25) is 0 Å². The second-order valence-corrected chi connectivity index (χ2v) is 7.75. The molecule has 0 aromatic heterocycles. The van der Waals surface area contributed by atoms with Crippen LogP contribution in [0, 0.1) is 0 Å². The van der Waals surface area contributed by atoms with Crippen molar-refractivity contribution in [2.45, 2.75) is 37.4 Å². The van der Waals surface area contributed by atoms with Crippen LogP contribution in [0.5, 0.6) is 0 Å². The SMILES string of the molecule is NC(N)=NCCC[C@@H]1NC(=O)N(CC(=O)N[C@@H](CC(=O)O)C(=O)N[C@H](CO)c2ccccc2)C1=O. The predicted octanol–water partition coefficient (Wildman–Crippen LogP) is -2.23. The van der Waals surface area contributed by atoms with E-state index in [9.17, 15) is 29.1 Å². The van der Waals surface area contributed by atoms with Gasteiger partial charge in [-0.3, -0.25) is 29.1 Å². The van der Waals surface area contributed by atoms with Crippen molar-refractivity contribution in [3.05, 3.63) is 35.9 Å². The van der Waals surface area contributed by atoms with Gasteiger partial charge in [0.2, 0.25) is 11.8 Å². The second-order valence-electron chi connectivity index (χ2n) is 7.75. The number of aliphatic carboxylic acids is 1. The molecule has 0 unspecified atom stereocenters. The molecule has 0 spiro atoms. The number of carbonyl (C=O) groups is 5. The molecule has 0 bridgehead atoms. The summed E-state index contributed by atoms with van der Waals surface area (Å²) < 4.78 is 0. The number of imide groups is 1. The molecule has 35 heavy (non-hydrogen) atoms. The number of amides is 5. The first-order valence-electron chi connectivity index (χ1n) is 10.8. The lowest BCUT2D eigenvalue weighted by Gasteiger charge is -2.22. The molecule has 1 saturated heterocycles. The van der Waals surface area contributed by atoms with Crippen molar-refractivity contribution in [2.75, 3.05) is 19.7 Å². The number of benzene rings is 1. The number of guanidine groups is 1. The fraction of sp³-hybridized carbons (Fsp3) is 0.429. The highest BCUT2D eigenvalue weighted by molar-refractivity contribution is 6.06. The van der Waals surface area contributed by atoms with Crippen LogP contribution in [0.4, 0.5) is 4.79 Å². The zero-order valence-electron chi connectivity index (χ0n) is 18.8. The second kappa shape index (κ2) is 12.9. The number of urea groups is 1. The van der Waals surface area contributed by atoms with E-state index in [1.807, 2.05) is 0 Å². The van der Waals surface area contributed by atoms with E-state index >= 15 is 0 Å². The van der Waals surface area contributed by atoms with E-state index in [-0.39, 0.29) is 18.9 Å². The molecule has 1 aliphatic heterocycles. The Balaban J connectivity index is 1.98. The van der Waals surface area contributed by atoms with Gasteiger partial charge in [-0.1, -0.05) is 30.3 Å². The molecule has 1 aromatic carbocycles. The smallest absolute Gasteiger partial charge is 0.325 e. The van der Waals surface area contributed by atoms with Crippen molar-refractivity contribution in [3.8, 4) is 0 Å². The van der Waals surface area contributed by atoms with Crippen LogP contribution in [0.3, 0.4) is 0 Å². The lowest BCUT2D eigenvalue weighted by Crippen LogP contribution is -2.52. The Morgan fingerprint density at radius 3 is 2.43 bits per heavy atom. The van der Waals surface area contributed by atoms with Crippen molar-refractivity contribution in [1.82, 2.24) is 20.9 Å². The van der Waals surface area contributed by atoms with Gasteiger partial charge in [-0.05, 0) is 18.4 Å². The summed E-state index contributed by atoms with van der Waals surface area (Å²) in [6, 6.07) is 4.49. The number of hydrogen-bond donors (Lipinski definition) is 7. The maximum absolute atomic E-state index is 12.7. The van der Waals surface area contributed by atoms with Crippen molar-refractivity contribution < 1.29 is 34.2 Å². The van der Waals surface area contributed by atoms with Gasteiger partial charge in [0.05, 0.1) is 19.1 Å². The molecule has 14 nitrogen and oxygen atoms in total. The molecule has 5 amide bonds. The molecular formula is C21H29N7O7. The van der Waals surface area contributed by atoms with Crippen LogP contribution in [0.25, 0.3) is 0 Å². The Labute approximate surface area is 200 Å². The fourth-order valence-electron chi connectivity index (χ4n) is 3.39. The summed E-state index contributed by atoms with van der Waals surface area (Å²) in [5.41, 5.74) is 11.0. The van der Waals surface area contributed by atoms with Crippen LogP contribution in [0.15, 0.2) is 35.3 Å². The van der Waals surface area contributed by atoms with Gasteiger partial charge in [0.1, 0.15) is 18.6 Å². The predicted molar refractivity (Wildman–Crippen MR) is 123 cm³/mol. The topological polar surface area (TPSA) is 230 Å². The van der Waals surface area contributed by atoms with Gasteiger partial charge in [-0.15, -0.1) is 0 Å². The van der Waals surface area contributed by atoms with Gasteiger partial charge in [0.15, 0.2) is 5.96 Å². The van der Waals surface area contributed by atoms with Crippen molar-refractivity contribution in [2.24, 2.45) is 16.5 Å². The summed E-state index contributed by atoms with van der Waals surface area (Å²) in [7, 11) is 0. The highest BCUT2D eigenvalue weighted by Gasteiger charge is 2.39. The number of carboxylic acid groups (broad SMARTS) is 1. The molecule has 0 aliphatic carbocycles. The summed E-state index contributed by atoms with van der Waals surface area (Å²) in [6.45, 7) is -0.913. The van der Waals surface area contributed by atoms with Gasteiger partial charge in [-0.25, -0.2) is 4.79 Å². The summed E-state index contributed by atoms with van der Waals surface area (Å²) in [5.74, 6) is -3.85. The van der Waals surface area contributed by atoms with E-state index in [1.165, 1.54) is 0 Å². The van der Waals surface area contributed by atoms with Crippen molar-refractivity contribution in [3.63, 3.8) is 0 Å². The molecule has 2 rings (SSSR count). The third-order valence-corrected chi connectivity index (χ3v) is 5.09. The lowest BCUT2D eigenvalue weighted by molar-refractivity contribution is -0.141. The van der Waals surface area contributed by atoms with Crippen LogP contribution < -0.4 is 27.4 Å². The van der Waals surface area contributed by atoms with E-state index in [2.05, 4.69) is 20.9 Å². The van der Waals surface area contributed by atoms with Gasteiger partial charge >= 0.3 is 12.0 Å². The number of carbonyl (C=O) groups excluding carboxylic acids is 4. The first kappa shape index (κ1) is 27.0. The van der Waals surface area contributed by atoms with Crippen LogP contribution in [0.1, 0.15) is 30.9 Å². The van der Waals surface area contributed by atoms with E-state index in [4.69, 9.17) is 16.6 Å². The Kier molecular flexibility index (Phi) is 9.96. The highest BCUT2D eigenvalue weighted by atomic mass is 16.4. The molecule has 3 atom stereocenters. The first-order valence-corrected chi connectivity index (χ1v) is 10.8. The van der Waals surface area contributed by atoms with E-state index in [0.717, 1.165) is 0 Å². The van der Waals surface area contributed by atoms with E-state index in [0.29, 0.717) is 16.9 Å². The van der Waals surface area contributed by atoms with E-state index in [1.54, 1.807) is 30.3 Å². The third-order valence-electron chi connectivity index (χ3n) is 5.09. The first-order chi connectivity index (χ1) is 16.6. The number of hydrogen-bond acceptors (Lipinski definition) is 7. The molecule has 0 radical (unpaired) electrons. The number of nitrogens with two attached hydrogens (primary N) is 2. The minimum Gasteiger partial charge on any atom is -0.481 e. The minimum atomic E-state index is -1.51. The summed E-state index contributed by atoms with van der Waals surface area (Å²) in [4.78, 5) is 65.5. The lowest BCUT2D eigenvalue weighted by atomic mass is 10.1. The number of aliphatic imine (C=N–C) groups is 1. The molecule has 1 aromatic rings. The van der Waals surface area contributed by atoms with Gasteiger partial charge in [-0.2, -0.15) is 0 Å². The molecule has 190 valence electrons. The molecule has 1 heterocycles. The van der Waals surface area contributed by atoms with Crippen LogP contribution in [-0.4, -0.2) is 82.6 Å².